The standard InChI is InChI=1S/C13H18N4OS/c1-2-17-12(18)11-10(5-8-19-11)15-13(17)16-6-3-9(14)4-7-16/h5,8-9H,2-4,6-7,14H2,1H3. The highest BCUT2D eigenvalue weighted by Gasteiger charge is 2.21. The molecule has 6 heteroatoms. The molecule has 5 nitrogen and oxygen atoms in total. The highest BCUT2D eigenvalue weighted by molar-refractivity contribution is 7.17. The monoisotopic (exact) mass is 278 g/mol. The summed E-state index contributed by atoms with van der Waals surface area (Å²) in [5, 5.41) is 1.93. The van der Waals surface area contributed by atoms with Crippen LogP contribution in [0.25, 0.3) is 10.2 Å². The normalized spacial score (nSPS) is 17.3. The fraction of sp³-hybridized carbons (Fsp3) is 0.538. The van der Waals surface area contributed by atoms with Gasteiger partial charge in [0.2, 0.25) is 5.95 Å². The number of hydrogen-bond donors (Lipinski definition) is 1. The molecule has 1 saturated heterocycles. The summed E-state index contributed by atoms with van der Waals surface area (Å²) in [5.74, 6) is 0.797. The molecule has 0 amide bonds. The molecule has 0 aromatic carbocycles. The fourth-order valence-electron chi connectivity index (χ4n) is 2.56. The minimum Gasteiger partial charge on any atom is -0.342 e. The van der Waals surface area contributed by atoms with Crippen LogP contribution in [-0.4, -0.2) is 28.7 Å². The van der Waals surface area contributed by atoms with Crippen LogP contribution in [-0.2, 0) is 6.54 Å². The minimum absolute atomic E-state index is 0.0763. The third kappa shape index (κ3) is 2.15. The van der Waals surface area contributed by atoms with Crippen molar-refractivity contribution in [3.8, 4) is 0 Å². The lowest BCUT2D eigenvalue weighted by Gasteiger charge is -2.32. The molecule has 0 bridgehead atoms. The Kier molecular flexibility index (Phi) is 3.28. The predicted octanol–water partition coefficient (Wildman–Crippen LogP) is 1.41. The number of fused-ring (bicyclic) bond motifs is 1. The molecule has 0 atom stereocenters. The van der Waals surface area contributed by atoms with E-state index in [-0.39, 0.29) is 11.6 Å². The molecule has 0 unspecified atom stereocenters. The molecular weight excluding hydrogens is 260 g/mol. The lowest BCUT2D eigenvalue weighted by atomic mass is 10.1. The van der Waals surface area contributed by atoms with Gasteiger partial charge in [-0.15, -0.1) is 11.3 Å². The molecule has 0 spiro atoms. The zero-order valence-corrected chi connectivity index (χ0v) is 11.8. The van der Waals surface area contributed by atoms with Crippen LogP contribution in [0.3, 0.4) is 0 Å². The van der Waals surface area contributed by atoms with Crippen molar-refractivity contribution in [2.45, 2.75) is 32.4 Å². The molecule has 0 saturated carbocycles. The topological polar surface area (TPSA) is 64.2 Å². The van der Waals surface area contributed by atoms with Crippen molar-refractivity contribution in [2.75, 3.05) is 18.0 Å². The zero-order chi connectivity index (χ0) is 13.4. The van der Waals surface area contributed by atoms with Gasteiger partial charge in [-0.2, -0.15) is 0 Å². The van der Waals surface area contributed by atoms with Crippen molar-refractivity contribution in [1.82, 2.24) is 9.55 Å². The van der Waals surface area contributed by atoms with Gasteiger partial charge in [0.1, 0.15) is 4.70 Å². The molecule has 2 aromatic heterocycles. The highest BCUT2D eigenvalue weighted by atomic mass is 32.1. The number of rotatable bonds is 2. The SMILES string of the molecule is CCn1c(N2CCC(N)CC2)nc2ccsc2c1=O. The van der Waals surface area contributed by atoms with Gasteiger partial charge in [0.15, 0.2) is 0 Å². The van der Waals surface area contributed by atoms with E-state index < -0.39 is 0 Å². The van der Waals surface area contributed by atoms with Crippen LogP contribution < -0.4 is 16.2 Å². The molecular formula is C13H18N4OS. The first-order chi connectivity index (χ1) is 9.20. The summed E-state index contributed by atoms with van der Waals surface area (Å²) in [6.45, 7) is 4.39. The van der Waals surface area contributed by atoms with Crippen molar-refractivity contribution >= 4 is 27.5 Å². The molecule has 19 heavy (non-hydrogen) atoms. The summed E-state index contributed by atoms with van der Waals surface area (Å²) in [5.41, 5.74) is 6.82. The van der Waals surface area contributed by atoms with E-state index in [2.05, 4.69) is 9.88 Å². The molecule has 1 fully saturated rings. The molecule has 0 aliphatic carbocycles. The van der Waals surface area contributed by atoms with Gasteiger partial charge in [-0.1, -0.05) is 0 Å². The highest BCUT2D eigenvalue weighted by Crippen LogP contribution is 2.21. The minimum atomic E-state index is 0.0763. The van der Waals surface area contributed by atoms with Gasteiger partial charge in [-0.3, -0.25) is 9.36 Å². The van der Waals surface area contributed by atoms with E-state index in [0.717, 1.165) is 42.1 Å². The number of aromatic nitrogens is 2. The van der Waals surface area contributed by atoms with Crippen LogP contribution in [0.15, 0.2) is 16.2 Å². The Hall–Kier alpha value is -1.40. The van der Waals surface area contributed by atoms with E-state index in [0.29, 0.717) is 6.54 Å². The molecule has 102 valence electrons. The van der Waals surface area contributed by atoms with Crippen LogP contribution in [0.5, 0.6) is 0 Å². The van der Waals surface area contributed by atoms with Crippen molar-refractivity contribution in [3.63, 3.8) is 0 Å². The van der Waals surface area contributed by atoms with E-state index in [4.69, 9.17) is 5.73 Å². The van der Waals surface area contributed by atoms with E-state index >= 15 is 0 Å². The van der Waals surface area contributed by atoms with Gasteiger partial charge in [0.25, 0.3) is 5.56 Å². The first-order valence-electron chi connectivity index (χ1n) is 6.69. The first kappa shape index (κ1) is 12.6. The van der Waals surface area contributed by atoms with E-state index in [1.54, 1.807) is 4.57 Å². The third-order valence-corrected chi connectivity index (χ3v) is 4.58. The summed E-state index contributed by atoms with van der Waals surface area (Å²) < 4.78 is 2.52. The molecule has 0 radical (unpaired) electrons. The number of thiophene rings is 1. The van der Waals surface area contributed by atoms with Crippen molar-refractivity contribution in [3.05, 3.63) is 21.8 Å². The Bertz CT molecular complexity index is 640. The average Bonchev–Trinajstić information content (AvgIpc) is 2.88. The van der Waals surface area contributed by atoms with Crippen LogP contribution >= 0.6 is 11.3 Å². The largest absolute Gasteiger partial charge is 0.342 e. The van der Waals surface area contributed by atoms with Gasteiger partial charge >= 0.3 is 0 Å². The van der Waals surface area contributed by atoms with Crippen LogP contribution in [0.2, 0.25) is 0 Å². The van der Waals surface area contributed by atoms with Crippen molar-refractivity contribution in [2.24, 2.45) is 5.73 Å². The molecule has 3 heterocycles. The summed E-state index contributed by atoms with van der Waals surface area (Å²) in [7, 11) is 0. The number of nitrogens with two attached hydrogens (primary N) is 1. The zero-order valence-electron chi connectivity index (χ0n) is 11.0. The first-order valence-corrected chi connectivity index (χ1v) is 7.57. The quantitative estimate of drug-likeness (QED) is 0.902. The molecule has 2 aromatic rings. The van der Waals surface area contributed by atoms with Gasteiger partial charge in [0, 0.05) is 25.7 Å². The average molecular weight is 278 g/mol. The van der Waals surface area contributed by atoms with E-state index in [1.165, 1.54) is 11.3 Å². The maximum Gasteiger partial charge on any atom is 0.272 e. The second kappa shape index (κ2) is 4.94. The van der Waals surface area contributed by atoms with Crippen molar-refractivity contribution < 1.29 is 0 Å². The summed E-state index contributed by atoms with van der Waals surface area (Å²) in [4.78, 5) is 19.3. The summed E-state index contributed by atoms with van der Waals surface area (Å²) in [6.07, 6.45) is 1.92. The maximum absolute atomic E-state index is 12.4. The Morgan fingerprint density at radius 1 is 1.47 bits per heavy atom. The number of hydrogen-bond acceptors (Lipinski definition) is 5. The number of anilines is 1. The number of nitrogens with zero attached hydrogens (tertiary/aromatic N) is 3. The van der Waals surface area contributed by atoms with Gasteiger partial charge in [-0.05, 0) is 31.2 Å². The van der Waals surface area contributed by atoms with Gasteiger partial charge < -0.3 is 10.6 Å². The van der Waals surface area contributed by atoms with E-state index in [9.17, 15) is 4.79 Å². The fourth-order valence-corrected chi connectivity index (χ4v) is 3.34. The summed E-state index contributed by atoms with van der Waals surface area (Å²) >= 11 is 1.46. The lowest BCUT2D eigenvalue weighted by molar-refractivity contribution is 0.487. The van der Waals surface area contributed by atoms with Crippen LogP contribution in [0.1, 0.15) is 19.8 Å². The second-order valence-electron chi connectivity index (χ2n) is 4.92. The third-order valence-electron chi connectivity index (χ3n) is 3.68. The van der Waals surface area contributed by atoms with Gasteiger partial charge in [0.05, 0.1) is 5.52 Å². The van der Waals surface area contributed by atoms with E-state index in [1.807, 2.05) is 18.4 Å². The Balaban J connectivity index is 2.09. The molecule has 1 aliphatic heterocycles. The van der Waals surface area contributed by atoms with Gasteiger partial charge in [-0.25, -0.2) is 4.98 Å². The summed E-state index contributed by atoms with van der Waals surface area (Å²) in [6, 6.07) is 2.20. The Morgan fingerprint density at radius 2 is 2.21 bits per heavy atom. The molecule has 1 aliphatic rings. The van der Waals surface area contributed by atoms with Crippen LogP contribution in [0.4, 0.5) is 5.95 Å². The second-order valence-corrected chi connectivity index (χ2v) is 5.84. The molecule has 3 rings (SSSR count). The molecule has 2 N–H and O–H groups in total. The Labute approximate surface area is 115 Å². The maximum atomic E-state index is 12.4. The Morgan fingerprint density at radius 3 is 2.89 bits per heavy atom. The lowest BCUT2D eigenvalue weighted by Crippen LogP contribution is -2.42. The van der Waals surface area contributed by atoms with Crippen molar-refractivity contribution in [1.29, 1.82) is 0 Å². The predicted molar refractivity (Wildman–Crippen MR) is 79.0 cm³/mol. The van der Waals surface area contributed by atoms with Crippen LogP contribution in [0, 0.1) is 0 Å². The smallest absolute Gasteiger partial charge is 0.272 e. The number of piperidine rings is 1.